The zero-order valence-corrected chi connectivity index (χ0v) is 12.4. The summed E-state index contributed by atoms with van der Waals surface area (Å²) in [4.78, 5) is 4.50. The minimum Gasteiger partial charge on any atom is -0.383 e. The number of fused-ring (bicyclic) bond motifs is 1. The number of halogens is 1. The van der Waals surface area contributed by atoms with Gasteiger partial charge in [-0.2, -0.15) is 5.10 Å². The molecule has 0 fully saturated rings. The van der Waals surface area contributed by atoms with Crippen LogP contribution in [0.5, 0.6) is 0 Å². The highest BCUT2D eigenvalue weighted by Gasteiger charge is 2.07. The average Bonchev–Trinajstić information content (AvgIpc) is 3.04. The molecule has 0 atom stereocenters. The molecule has 0 amide bonds. The summed E-state index contributed by atoms with van der Waals surface area (Å²) < 4.78 is 7.83. The molecule has 2 aromatic heterocycles. The lowest BCUT2D eigenvalue weighted by Crippen LogP contribution is -2.03. The van der Waals surface area contributed by atoms with Crippen molar-refractivity contribution in [2.24, 2.45) is 0 Å². The number of anilines is 2. The fourth-order valence-corrected chi connectivity index (χ4v) is 3.00. The first-order valence-corrected chi connectivity index (χ1v) is 7.29. The molecule has 0 saturated carbocycles. The number of thiazole rings is 1. The van der Waals surface area contributed by atoms with Crippen molar-refractivity contribution in [2.75, 3.05) is 19.0 Å². The van der Waals surface area contributed by atoms with Crippen molar-refractivity contribution in [1.82, 2.24) is 14.8 Å². The Kier molecular flexibility index (Phi) is 3.86. The van der Waals surface area contributed by atoms with Gasteiger partial charge in [0.25, 0.3) is 0 Å². The van der Waals surface area contributed by atoms with E-state index in [9.17, 15) is 0 Å². The number of hydrogen-bond acceptors (Lipinski definition) is 5. The normalized spacial score (nSPS) is 11.1. The van der Waals surface area contributed by atoms with Crippen molar-refractivity contribution in [3.05, 3.63) is 35.6 Å². The number of nitrogens with one attached hydrogen (secondary N) is 1. The smallest absolute Gasteiger partial charge is 0.188 e. The van der Waals surface area contributed by atoms with E-state index in [4.69, 9.17) is 16.3 Å². The summed E-state index contributed by atoms with van der Waals surface area (Å²) in [6.45, 7) is 1.36. The summed E-state index contributed by atoms with van der Waals surface area (Å²) in [5, 5.41) is 9.02. The van der Waals surface area contributed by atoms with Gasteiger partial charge < -0.3 is 10.1 Å². The van der Waals surface area contributed by atoms with Crippen LogP contribution >= 0.6 is 22.9 Å². The molecule has 0 saturated heterocycles. The summed E-state index contributed by atoms with van der Waals surface area (Å²) in [5.74, 6) is 0. The van der Waals surface area contributed by atoms with Gasteiger partial charge >= 0.3 is 0 Å². The molecule has 1 aromatic carbocycles. The molecule has 20 heavy (non-hydrogen) atoms. The maximum atomic E-state index is 6.15. The zero-order valence-electron chi connectivity index (χ0n) is 10.8. The van der Waals surface area contributed by atoms with E-state index in [0.717, 1.165) is 32.6 Å². The van der Waals surface area contributed by atoms with Gasteiger partial charge in [0.2, 0.25) is 0 Å². The molecule has 2 heterocycles. The van der Waals surface area contributed by atoms with E-state index < -0.39 is 0 Å². The van der Waals surface area contributed by atoms with Gasteiger partial charge in [-0.25, -0.2) is 4.98 Å². The number of nitrogens with zero attached hydrogens (tertiary/aromatic N) is 3. The Morgan fingerprint density at radius 1 is 1.45 bits per heavy atom. The van der Waals surface area contributed by atoms with Gasteiger partial charge in [0, 0.05) is 13.3 Å². The fourth-order valence-electron chi connectivity index (χ4n) is 1.83. The van der Waals surface area contributed by atoms with E-state index in [1.807, 2.05) is 29.1 Å². The van der Waals surface area contributed by atoms with Gasteiger partial charge in [-0.15, -0.1) is 0 Å². The zero-order chi connectivity index (χ0) is 13.9. The van der Waals surface area contributed by atoms with Gasteiger partial charge in [0.15, 0.2) is 5.13 Å². The monoisotopic (exact) mass is 308 g/mol. The van der Waals surface area contributed by atoms with Crippen LogP contribution in [0.2, 0.25) is 5.02 Å². The van der Waals surface area contributed by atoms with E-state index in [1.54, 1.807) is 13.3 Å². The maximum absolute atomic E-state index is 6.15. The predicted octanol–water partition coefficient (Wildman–Crippen LogP) is 3.54. The Hall–Kier alpha value is -1.63. The molecule has 104 valence electrons. The third-order valence-corrected chi connectivity index (χ3v) is 4.22. The van der Waals surface area contributed by atoms with E-state index >= 15 is 0 Å². The summed E-state index contributed by atoms with van der Waals surface area (Å²) in [5.41, 5.74) is 1.80. The quantitative estimate of drug-likeness (QED) is 0.783. The molecule has 0 aliphatic rings. The predicted molar refractivity (Wildman–Crippen MR) is 82.0 cm³/mol. The fraction of sp³-hybridized carbons (Fsp3) is 0.231. The van der Waals surface area contributed by atoms with Gasteiger partial charge in [-0.3, -0.25) is 4.68 Å². The lowest BCUT2D eigenvalue weighted by atomic mass is 10.3. The first-order valence-electron chi connectivity index (χ1n) is 6.10. The largest absolute Gasteiger partial charge is 0.383 e. The lowest BCUT2D eigenvalue weighted by Gasteiger charge is -1.99. The van der Waals surface area contributed by atoms with Crippen LogP contribution in [0.4, 0.5) is 10.8 Å². The topological polar surface area (TPSA) is 52.0 Å². The highest BCUT2D eigenvalue weighted by Crippen LogP contribution is 2.32. The number of ether oxygens (including phenoxy) is 1. The first-order chi connectivity index (χ1) is 9.76. The molecule has 0 aliphatic heterocycles. The van der Waals surface area contributed by atoms with Crippen LogP contribution in [0.3, 0.4) is 0 Å². The number of benzene rings is 1. The van der Waals surface area contributed by atoms with Crippen molar-refractivity contribution in [3.63, 3.8) is 0 Å². The molecule has 1 N–H and O–H groups in total. The van der Waals surface area contributed by atoms with Crippen LogP contribution < -0.4 is 5.32 Å². The molecule has 0 bridgehead atoms. The Morgan fingerprint density at radius 2 is 2.35 bits per heavy atom. The summed E-state index contributed by atoms with van der Waals surface area (Å²) in [6.07, 6.45) is 3.69. The van der Waals surface area contributed by atoms with Crippen LogP contribution in [0, 0.1) is 0 Å². The third kappa shape index (κ3) is 2.77. The number of rotatable bonds is 5. The molecule has 0 spiro atoms. The van der Waals surface area contributed by atoms with Gasteiger partial charge in [-0.05, 0) is 12.1 Å². The standard InChI is InChI=1S/C13H13ClN4OS/c1-19-6-5-18-8-9(7-15-18)16-13-17-11-4-2-3-10(14)12(11)20-13/h2-4,7-8H,5-6H2,1H3,(H,16,17). The van der Waals surface area contributed by atoms with E-state index in [0.29, 0.717) is 6.61 Å². The highest BCUT2D eigenvalue weighted by atomic mass is 35.5. The highest BCUT2D eigenvalue weighted by molar-refractivity contribution is 7.22. The summed E-state index contributed by atoms with van der Waals surface area (Å²) in [7, 11) is 1.67. The molecular weight excluding hydrogens is 296 g/mol. The minimum absolute atomic E-state index is 0.637. The van der Waals surface area contributed by atoms with Crippen LogP contribution in [0.15, 0.2) is 30.6 Å². The maximum Gasteiger partial charge on any atom is 0.188 e. The van der Waals surface area contributed by atoms with Gasteiger partial charge in [0.1, 0.15) is 0 Å². The Balaban J connectivity index is 1.79. The molecule has 5 nitrogen and oxygen atoms in total. The summed E-state index contributed by atoms with van der Waals surface area (Å²) >= 11 is 7.68. The molecule has 0 unspecified atom stereocenters. The number of hydrogen-bond donors (Lipinski definition) is 1. The Morgan fingerprint density at radius 3 is 3.15 bits per heavy atom. The molecule has 0 aliphatic carbocycles. The third-order valence-electron chi connectivity index (χ3n) is 2.78. The van der Waals surface area contributed by atoms with Crippen molar-refractivity contribution >= 4 is 44.0 Å². The molecule has 0 radical (unpaired) electrons. The first kappa shape index (κ1) is 13.4. The second kappa shape index (κ2) is 5.78. The molecule has 3 rings (SSSR count). The number of aromatic nitrogens is 3. The van der Waals surface area contributed by atoms with Gasteiger partial charge in [-0.1, -0.05) is 29.0 Å². The Bertz CT molecular complexity index is 724. The van der Waals surface area contributed by atoms with E-state index in [-0.39, 0.29) is 0 Å². The SMILES string of the molecule is COCCn1cc(Nc2nc3cccc(Cl)c3s2)cn1. The minimum atomic E-state index is 0.637. The van der Waals surface area contributed by atoms with Crippen molar-refractivity contribution in [1.29, 1.82) is 0 Å². The average molecular weight is 309 g/mol. The van der Waals surface area contributed by atoms with E-state index in [1.165, 1.54) is 11.3 Å². The van der Waals surface area contributed by atoms with Crippen LogP contribution in [0.25, 0.3) is 10.2 Å². The Labute approximate surface area is 125 Å². The molecule has 7 heteroatoms. The lowest BCUT2D eigenvalue weighted by molar-refractivity contribution is 0.183. The van der Waals surface area contributed by atoms with Gasteiger partial charge in [0.05, 0.1) is 40.3 Å². The summed E-state index contributed by atoms with van der Waals surface area (Å²) in [6, 6.07) is 5.72. The molecular formula is C13H13ClN4OS. The van der Waals surface area contributed by atoms with Crippen LogP contribution in [-0.4, -0.2) is 28.5 Å². The molecule has 3 aromatic rings. The second-order valence-corrected chi connectivity index (χ2v) is 5.62. The van der Waals surface area contributed by atoms with E-state index in [2.05, 4.69) is 15.4 Å². The van der Waals surface area contributed by atoms with Crippen molar-refractivity contribution in [3.8, 4) is 0 Å². The van der Waals surface area contributed by atoms with Crippen LogP contribution in [0.1, 0.15) is 0 Å². The van der Waals surface area contributed by atoms with Crippen molar-refractivity contribution in [2.45, 2.75) is 6.54 Å². The second-order valence-electron chi connectivity index (χ2n) is 4.22. The number of methoxy groups -OCH3 is 1. The van der Waals surface area contributed by atoms with Crippen LogP contribution in [-0.2, 0) is 11.3 Å². The van der Waals surface area contributed by atoms with Crippen molar-refractivity contribution < 1.29 is 4.74 Å².